The standard InChI is InChI=1S/C17H17FN2O/c18-13-8-12(9-14(19)10-13)17(21)20-16-7-3-5-11-4-1-2-6-15(11)16/h3,5,7-10H,1-2,4,6,19H2,(H,20,21). The van der Waals surface area contributed by atoms with Gasteiger partial charge in [-0.2, -0.15) is 0 Å². The van der Waals surface area contributed by atoms with E-state index in [4.69, 9.17) is 5.73 Å². The van der Waals surface area contributed by atoms with Crippen molar-refractivity contribution in [1.82, 2.24) is 0 Å². The summed E-state index contributed by atoms with van der Waals surface area (Å²) >= 11 is 0. The second-order valence-electron chi connectivity index (χ2n) is 5.38. The third-order valence-electron chi connectivity index (χ3n) is 3.83. The fraction of sp³-hybridized carbons (Fsp3) is 0.235. The molecule has 108 valence electrons. The van der Waals surface area contributed by atoms with E-state index in [0.29, 0.717) is 0 Å². The van der Waals surface area contributed by atoms with Crippen LogP contribution in [0.2, 0.25) is 0 Å². The Morgan fingerprint density at radius 2 is 1.95 bits per heavy atom. The van der Waals surface area contributed by atoms with Crippen LogP contribution in [0.1, 0.15) is 34.3 Å². The average Bonchev–Trinajstić information content (AvgIpc) is 2.46. The molecule has 0 atom stereocenters. The van der Waals surface area contributed by atoms with Crippen molar-refractivity contribution in [2.24, 2.45) is 0 Å². The second kappa shape index (κ2) is 5.56. The van der Waals surface area contributed by atoms with Gasteiger partial charge < -0.3 is 11.1 Å². The molecule has 1 aliphatic rings. The predicted molar refractivity (Wildman–Crippen MR) is 81.8 cm³/mol. The highest BCUT2D eigenvalue weighted by Crippen LogP contribution is 2.28. The molecule has 0 fully saturated rings. The van der Waals surface area contributed by atoms with Crippen molar-refractivity contribution in [2.45, 2.75) is 25.7 Å². The Morgan fingerprint density at radius 1 is 1.14 bits per heavy atom. The molecule has 0 heterocycles. The van der Waals surface area contributed by atoms with Gasteiger partial charge in [0.15, 0.2) is 0 Å². The largest absolute Gasteiger partial charge is 0.399 e. The summed E-state index contributed by atoms with van der Waals surface area (Å²) in [5.41, 5.74) is 9.37. The number of halogens is 1. The Morgan fingerprint density at radius 3 is 2.76 bits per heavy atom. The van der Waals surface area contributed by atoms with Crippen LogP contribution in [-0.4, -0.2) is 5.91 Å². The number of hydrogen-bond acceptors (Lipinski definition) is 2. The Kier molecular flexibility index (Phi) is 3.60. The number of nitrogens with one attached hydrogen (secondary N) is 1. The van der Waals surface area contributed by atoms with Crippen molar-refractivity contribution >= 4 is 17.3 Å². The number of nitrogen functional groups attached to an aromatic ring is 1. The first kappa shape index (κ1) is 13.6. The number of rotatable bonds is 2. The molecule has 0 aliphatic heterocycles. The zero-order valence-corrected chi connectivity index (χ0v) is 11.7. The number of benzene rings is 2. The van der Waals surface area contributed by atoms with Crippen molar-refractivity contribution in [2.75, 3.05) is 11.1 Å². The van der Waals surface area contributed by atoms with Crippen LogP contribution < -0.4 is 11.1 Å². The van der Waals surface area contributed by atoms with E-state index in [1.807, 2.05) is 12.1 Å². The van der Waals surface area contributed by atoms with Crippen LogP contribution in [0.3, 0.4) is 0 Å². The quantitative estimate of drug-likeness (QED) is 0.829. The highest BCUT2D eigenvalue weighted by atomic mass is 19.1. The number of anilines is 2. The van der Waals surface area contributed by atoms with E-state index >= 15 is 0 Å². The van der Waals surface area contributed by atoms with Crippen molar-refractivity contribution < 1.29 is 9.18 Å². The van der Waals surface area contributed by atoms with E-state index < -0.39 is 5.82 Å². The summed E-state index contributed by atoms with van der Waals surface area (Å²) in [6.45, 7) is 0. The summed E-state index contributed by atoms with van der Waals surface area (Å²) in [6.07, 6.45) is 4.33. The van der Waals surface area contributed by atoms with Crippen molar-refractivity contribution in [3.05, 3.63) is 58.9 Å². The molecule has 3 rings (SSSR count). The minimum absolute atomic E-state index is 0.237. The summed E-state index contributed by atoms with van der Waals surface area (Å²) < 4.78 is 13.3. The van der Waals surface area contributed by atoms with Gasteiger partial charge in [0.05, 0.1) is 0 Å². The molecule has 1 amide bonds. The van der Waals surface area contributed by atoms with E-state index in [1.165, 1.54) is 35.7 Å². The third-order valence-corrected chi connectivity index (χ3v) is 3.83. The van der Waals surface area contributed by atoms with Gasteiger partial charge in [0.25, 0.3) is 5.91 Å². The lowest BCUT2D eigenvalue weighted by atomic mass is 9.90. The van der Waals surface area contributed by atoms with Gasteiger partial charge in [-0.15, -0.1) is 0 Å². The van der Waals surface area contributed by atoms with E-state index in [9.17, 15) is 9.18 Å². The number of amides is 1. The van der Waals surface area contributed by atoms with Gasteiger partial charge in [0.2, 0.25) is 0 Å². The van der Waals surface area contributed by atoms with Crippen LogP contribution in [0.4, 0.5) is 15.8 Å². The smallest absolute Gasteiger partial charge is 0.255 e. The average molecular weight is 284 g/mol. The SMILES string of the molecule is Nc1cc(F)cc(C(=O)Nc2cccc3c2CCCC3)c1. The molecule has 2 aromatic rings. The molecule has 0 saturated heterocycles. The highest BCUT2D eigenvalue weighted by Gasteiger charge is 2.15. The fourth-order valence-corrected chi connectivity index (χ4v) is 2.84. The third kappa shape index (κ3) is 2.89. The molecule has 21 heavy (non-hydrogen) atoms. The monoisotopic (exact) mass is 284 g/mol. The fourth-order valence-electron chi connectivity index (χ4n) is 2.84. The summed E-state index contributed by atoms with van der Waals surface area (Å²) in [6, 6.07) is 9.81. The molecule has 0 spiro atoms. The van der Waals surface area contributed by atoms with E-state index in [-0.39, 0.29) is 17.2 Å². The molecule has 0 saturated carbocycles. The van der Waals surface area contributed by atoms with Crippen LogP contribution in [0.15, 0.2) is 36.4 Å². The first-order valence-electron chi connectivity index (χ1n) is 7.11. The summed E-state index contributed by atoms with van der Waals surface area (Å²) in [5.74, 6) is -0.838. The van der Waals surface area contributed by atoms with Crippen molar-refractivity contribution in [1.29, 1.82) is 0 Å². The van der Waals surface area contributed by atoms with Gasteiger partial charge >= 0.3 is 0 Å². The number of aryl methyl sites for hydroxylation is 1. The number of fused-ring (bicyclic) bond motifs is 1. The molecule has 0 bridgehead atoms. The van der Waals surface area contributed by atoms with Crippen molar-refractivity contribution in [3.8, 4) is 0 Å². The Balaban J connectivity index is 1.88. The first-order chi connectivity index (χ1) is 10.1. The highest BCUT2D eigenvalue weighted by molar-refractivity contribution is 6.05. The Bertz CT molecular complexity index is 677. The Labute approximate surface area is 123 Å². The number of carbonyl (C=O) groups is 1. The van der Waals surface area contributed by atoms with Gasteiger partial charge in [0.1, 0.15) is 5.82 Å². The Hall–Kier alpha value is -2.36. The summed E-state index contributed by atoms with van der Waals surface area (Å²) in [7, 11) is 0. The molecular weight excluding hydrogens is 267 g/mol. The maximum atomic E-state index is 13.3. The lowest BCUT2D eigenvalue weighted by Gasteiger charge is -2.19. The molecular formula is C17H17FN2O. The van der Waals surface area contributed by atoms with Gasteiger partial charge in [-0.3, -0.25) is 4.79 Å². The molecule has 0 aromatic heterocycles. The molecule has 4 heteroatoms. The minimum Gasteiger partial charge on any atom is -0.399 e. The maximum absolute atomic E-state index is 13.3. The molecule has 0 radical (unpaired) electrons. The zero-order valence-electron chi connectivity index (χ0n) is 11.7. The van der Waals surface area contributed by atoms with Crippen LogP contribution >= 0.6 is 0 Å². The topological polar surface area (TPSA) is 55.1 Å². The van der Waals surface area contributed by atoms with Gasteiger partial charge in [-0.25, -0.2) is 4.39 Å². The minimum atomic E-state index is -0.504. The summed E-state index contributed by atoms with van der Waals surface area (Å²) in [4.78, 5) is 12.3. The molecule has 3 N–H and O–H groups in total. The van der Waals surface area contributed by atoms with Gasteiger partial charge in [-0.1, -0.05) is 12.1 Å². The van der Waals surface area contributed by atoms with Crippen LogP contribution in [0.5, 0.6) is 0 Å². The predicted octanol–water partition coefficient (Wildman–Crippen LogP) is 3.54. The first-order valence-corrected chi connectivity index (χ1v) is 7.11. The van der Waals surface area contributed by atoms with E-state index in [1.54, 1.807) is 0 Å². The van der Waals surface area contributed by atoms with Crippen LogP contribution in [0, 0.1) is 5.82 Å². The number of carbonyl (C=O) groups excluding carboxylic acids is 1. The van der Waals surface area contributed by atoms with E-state index in [2.05, 4.69) is 11.4 Å². The molecule has 2 aromatic carbocycles. The second-order valence-corrected chi connectivity index (χ2v) is 5.38. The lowest BCUT2D eigenvalue weighted by molar-refractivity contribution is 0.102. The number of hydrogen-bond donors (Lipinski definition) is 2. The molecule has 1 aliphatic carbocycles. The summed E-state index contributed by atoms with van der Waals surface area (Å²) in [5, 5.41) is 2.88. The molecule has 3 nitrogen and oxygen atoms in total. The normalized spacial score (nSPS) is 13.6. The van der Waals surface area contributed by atoms with Gasteiger partial charge in [0, 0.05) is 16.9 Å². The zero-order chi connectivity index (χ0) is 14.8. The van der Waals surface area contributed by atoms with Gasteiger partial charge in [-0.05, 0) is 61.1 Å². The lowest BCUT2D eigenvalue weighted by Crippen LogP contribution is -2.16. The van der Waals surface area contributed by atoms with Crippen LogP contribution in [-0.2, 0) is 12.8 Å². The molecule has 0 unspecified atom stereocenters. The van der Waals surface area contributed by atoms with E-state index in [0.717, 1.165) is 24.9 Å². The van der Waals surface area contributed by atoms with Crippen LogP contribution in [0.25, 0.3) is 0 Å². The number of nitrogens with two attached hydrogens (primary N) is 1. The van der Waals surface area contributed by atoms with Crippen molar-refractivity contribution in [3.63, 3.8) is 0 Å². The maximum Gasteiger partial charge on any atom is 0.255 e.